The second kappa shape index (κ2) is 8.97. The molecule has 2 aliphatic heterocycles. The van der Waals surface area contributed by atoms with Crippen LogP contribution in [-0.4, -0.2) is 65.3 Å². The standard InChI is InChI=1S/C24H27FN4O3/c25-19-3-4-22-21(10-19)18(12-27-22)14-29-8-9-31-16-24(15-29)6-5-20(32-24)13-28-23(30)17-2-1-7-26-11-17/h1-4,7,10-12,20,27H,5-6,8-9,13-16H2,(H,28,30). The van der Waals surface area contributed by atoms with Crippen LogP contribution in [0, 0.1) is 5.82 Å². The fraction of sp³-hybridized carbons (Fsp3) is 0.417. The van der Waals surface area contributed by atoms with Crippen molar-refractivity contribution in [1.82, 2.24) is 20.2 Å². The molecule has 5 rings (SSSR count). The van der Waals surface area contributed by atoms with Crippen molar-refractivity contribution in [3.63, 3.8) is 0 Å². The lowest BCUT2D eigenvalue weighted by molar-refractivity contribution is -0.0849. The van der Waals surface area contributed by atoms with E-state index in [1.165, 1.54) is 6.07 Å². The van der Waals surface area contributed by atoms with Gasteiger partial charge in [0, 0.05) is 55.7 Å². The van der Waals surface area contributed by atoms with E-state index in [2.05, 4.69) is 20.2 Å². The maximum absolute atomic E-state index is 13.8. The van der Waals surface area contributed by atoms with Crippen LogP contribution in [0.2, 0.25) is 0 Å². The number of nitrogens with one attached hydrogen (secondary N) is 2. The fourth-order valence-electron chi connectivity index (χ4n) is 4.71. The molecule has 2 N–H and O–H groups in total. The van der Waals surface area contributed by atoms with Crippen molar-refractivity contribution >= 4 is 16.8 Å². The van der Waals surface area contributed by atoms with Crippen LogP contribution in [0.1, 0.15) is 28.8 Å². The van der Waals surface area contributed by atoms with Crippen LogP contribution in [0.5, 0.6) is 0 Å². The number of aromatic nitrogens is 2. The van der Waals surface area contributed by atoms with Crippen molar-refractivity contribution < 1.29 is 18.7 Å². The Bertz CT molecular complexity index is 1090. The highest BCUT2D eigenvalue weighted by Gasteiger charge is 2.43. The van der Waals surface area contributed by atoms with Crippen LogP contribution >= 0.6 is 0 Å². The summed E-state index contributed by atoms with van der Waals surface area (Å²) in [5.74, 6) is -0.378. The van der Waals surface area contributed by atoms with Gasteiger partial charge < -0.3 is 19.8 Å². The minimum absolute atomic E-state index is 0.0543. The molecule has 2 aliphatic rings. The zero-order valence-corrected chi connectivity index (χ0v) is 17.9. The second-order valence-electron chi connectivity index (χ2n) is 8.68. The summed E-state index contributed by atoms with van der Waals surface area (Å²) in [7, 11) is 0. The predicted octanol–water partition coefficient (Wildman–Crippen LogP) is 2.88. The summed E-state index contributed by atoms with van der Waals surface area (Å²) >= 11 is 0. The van der Waals surface area contributed by atoms with E-state index in [-0.39, 0.29) is 17.8 Å². The third kappa shape index (κ3) is 4.53. The predicted molar refractivity (Wildman–Crippen MR) is 118 cm³/mol. The van der Waals surface area contributed by atoms with Crippen LogP contribution in [0.15, 0.2) is 48.9 Å². The lowest BCUT2D eigenvalue weighted by Gasteiger charge is -2.32. The molecule has 3 aromatic rings. The van der Waals surface area contributed by atoms with Gasteiger partial charge in [-0.3, -0.25) is 14.7 Å². The lowest BCUT2D eigenvalue weighted by atomic mass is 9.99. The highest BCUT2D eigenvalue weighted by atomic mass is 19.1. The number of carbonyl (C=O) groups is 1. The SMILES string of the molecule is O=C(NCC1CCC2(COCCN(Cc3c[nH]c4ccc(F)cc34)C2)O1)c1cccnc1. The topological polar surface area (TPSA) is 79.5 Å². The Hall–Kier alpha value is -2.81. The third-order valence-corrected chi connectivity index (χ3v) is 6.30. The molecule has 2 unspecified atom stereocenters. The Morgan fingerprint density at radius 2 is 2.31 bits per heavy atom. The molecule has 0 radical (unpaired) electrons. The zero-order valence-electron chi connectivity index (χ0n) is 17.9. The molecule has 4 heterocycles. The number of hydrogen-bond acceptors (Lipinski definition) is 5. The van der Waals surface area contributed by atoms with Crippen molar-refractivity contribution in [1.29, 1.82) is 0 Å². The number of pyridine rings is 1. The molecule has 8 heteroatoms. The first-order valence-corrected chi connectivity index (χ1v) is 11.0. The van der Waals surface area contributed by atoms with Crippen LogP contribution in [-0.2, 0) is 16.0 Å². The van der Waals surface area contributed by atoms with Gasteiger partial charge in [0.05, 0.1) is 24.9 Å². The van der Waals surface area contributed by atoms with Crippen molar-refractivity contribution in [3.8, 4) is 0 Å². The molecule has 2 saturated heterocycles. The number of rotatable bonds is 5. The summed E-state index contributed by atoms with van der Waals surface area (Å²) in [5, 5.41) is 3.86. The van der Waals surface area contributed by atoms with E-state index >= 15 is 0 Å². The van der Waals surface area contributed by atoms with Crippen molar-refractivity contribution in [3.05, 3.63) is 65.9 Å². The minimum Gasteiger partial charge on any atom is -0.377 e. The van der Waals surface area contributed by atoms with Gasteiger partial charge >= 0.3 is 0 Å². The van der Waals surface area contributed by atoms with Gasteiger partial charge in [-0.25, -0.2) is 4.39 Å². The average molecular weight is 439 g/mol. The highest BCUT2D eigenvalue weighted by molar-refractivity contribution is 5.93. The number of aromatic amines is 1. The van der Waals surface area contributed by atoms with E-state index in [0.29, 0.717) is 31.9 Å². The summed E-state index contributed by atoms with van der Waals surface area (Å²) in [4.78, 5) is 21.9. The van der Waals surface area contributed by atoms with Gasteiger partial charge in [-0.2, -0.15) is 0 Å². The number of H-pyrrole nitrogens is 1. The fourth-order valence-corrected chi connectivity index (χ4v) is 4.71. The molecule has 1 amide bonds. The van der Waals surface area contributed by atoms with Gasteiger partial charge in [0.25, 0.3) is 5.91 Å². The van der Waals surface area contributed by atoms with Gasteiger partial charge in [-0.1, -0.05) is 0 Å². The molecule has 0 aliphatic carbocycles. The Balaban J connectivity index is 1.22. The molecule has 0 saturated carbocycles. The molecular formula is C24H27FN4O3. The van der Waals surface area contributed by atoms with Gasteiger partial charge in [0.1, 0.15) is 11.4 Å². The Kier molecular flexibility index (Phi) is 5.91. The quantitative estimate of drug-likeness (QED) is 0.641. The number of nitrogens with zero attached hydrogens (tertiary/aromatic N) is 2. The summed E-state index contributed by atoms with van der Waals surface area (Å²) in [6.45, 7) is 3.85. The smallest absolute Gasteiger partial charge is 0.252 e. The highest BCUT2D eigenvalue weighted by Crippen LogP contribution is 2.33. The van der Waals surface area contributed by atoms with E-state index in [1.54, 1.807) is 36.7 Å². The first-order valence-electron chi connectivity index (χ1n) is 11.0. The molecule has 168 valence electrons. The molecule has 0 bridgehead atoms. The van der Waals surface area contributed by atoms with Gasteiger partial charge in [-0.15, -0.1) is 0 Å². The maximum Gasteiger partial charge on any atom is 0.252 e. The van der Waals surface area contributed by atoms with Crippen molar-refractivity contribution in [2.45, 2.75) is 31.1 Å². The van der Waals surface area contributed by atoms with Gasteiger partial charge in [-0.05, 0) is 48.7 Å². The number of hydrogen-bond donors (Lipinski definition) is 2. The van der Waals surface area contributed by atoms with E-state index in [0.717, 1.165) is 42.4 Å². The third-order valence-electron chi connectivity index (χ3n) is 6.30. The number of halogens is 1. The molecule has 7 nitrogen and oxygen atoms in total. The average Bonchev–Trinajstić information content (AvgIpc) is 3.33. The molecule has 2 aromatic heterocycles. The summed E-state index contributed by atoms with van der Waals surface area (Å²) in [6, 6.07) is 8.31. The normalized spacial score (nSPS) is 24.1. The lowest BCUT2D eigenvalue weighted by Crippen LogP contribution is -2.45. The van der Waals surface area contributed by atoms with Crippen LogP contribution < -0.4 is 5.32 Å². The van der Waals surface area contributed by atoms with Crippen LogP contribution in [0.3, 0.4) is 0 Å². The van der Waals surface area contributed by atoms with E-state index in [1.807, 2.05) is 6.20 Å². The van der Waals surface area contributed by atoms with Crippen LogP contribution in [0.4, 0.5) is 4.39 Å². The van der Waals surface area contributed by atoms with E-state index in [9.17, 15) is 9.18 Å². The first kappa shape index (κ1) is 21.1. The number of ether oxygens (including phenoxy) is 2. The van der Waals surface area contributed by atoms with Crippen LogP contribution in [0.25, 0.3) is 10.9 Å². The minimum atomic E-state index is -0.391. The Morgan fingerprint density at radius 1 is 1.38 bits per heavy atom. The molecule has 1 aromatic carbocycles. The number of carbonyl (C=O) groups excluding carboxylic acids is 1. The number of fused-ring (bicyclic) bond motifs is 1. The largest absolute Gasteiger partial charge is 0.377 e. The van der Waals surface area contributed by atoms with Gasteiger partial charge in [0.15, 0.2) is 0 Å². The first-order chi connectivity index (χ1) is 15.6. The molecular weight excluding hydrogens is 411 g/mol. The molecule has 1 spiro atoms. The van der Waals surface area contributed by atoms with Gasteiger partial charge in [0.2, 0.25) is 0 Å². The zero-order chi connectivity index (χ0) is 22.0. The molecule has 32 heavy (non-hydrogen) atoms. The van der Waals surface area contributed by atoms with Crippen molar-refractivity contribution in [2.75, 3.05) is 32.8 Å². The summed E-state index contributed by atoms with van der Waals surface area (Å²) in [5.41, 5.74) is 2.15. The molecule has 2 fully saturated rings. The monoisotopic (exact) mass is 438 g/mol. The van der Waals surface area contributed by atoms with E-state index < -0.39 is 5.60 Å². The Labute approximate surface area is 185 Å². The summed E-state index contributed by atoms with van der Waals surface area (Å²) < 4.78 is 26.1. The Morgan fingerprint density at radius 3 is 3.19 bits per heavy atom. The number of amides is 1. The van der Waals surface area contributed by atoms with Crippen molar-refractivity contribution in [2.24, 2.45) is 0 Å². The van der Waals surface area contributed by atoms with E-state index in [4.69, 9.17) is 9.47 Å². The summed E-state index contributed by atoms with van der Waals surface area (Å²) in [6.07, 6.45) is 6.84. The molecule has 2 atom stereocenters. The number of benzene rings is 1. The maximum atomic E-state index is 13.8. The second-order valence-corrected chi connectivity index (χ2v) is 8.68.